The third-order valence-corrected chi connectivity index (χ3v) is 7.15. The van der Waals surface area contributed by atoms with Crippen molar-refractivity contribution in [3.8, 4) is 0 Å². The summed E-state index contributed by atoms with van der Waals surface area (Å²) < 4.78 is 32.5. The van der Waals surface area contributed by atoms with Gasteiger partial charge in [0.2, 0.25) is 0 Å². The number of benzene rings is 1. The Morgan fingerprint density at radius 1 is 1.23 bits per heavy atom. The van der Waals surface area contributed by atoms with Crippen molar-refractivity contribution in [3.05, 3.63) is 42.0 Å². The van der Waals surface area contributed by atoms with E-state index < -0.39 is 16.3 Å². The van der Waals surface area contributed by atoms with Crippen molar-refractivity contribution in [1.29, 1.82) is 0 Å². The van der Waals surface area contributed by atoms with Crippen molar-refractivity contribution in [1.82, 2.24) is 20.1 Å². The monoisotopic (exact) mass is 374 g/mol. The van der Waals surface area contributed by atoms with Crippen LogP contribution in [-0.2, 0) is 14.3 Å². The maximum atomic E-state index is 12.5. The topological polar surface area (TPSA) is 86.1 Å². The summed E-state index contributed by atoms with van der Waals surface area (Å²) in [5, 5.41) is 7.73. The Morgan fingerprint density at radius 3 is 2.58 bits per heavy atom. The Kier molecular flexibility index (Phi) is 3.54. The van der Waals surface area contributed by atoms with Crippen LogP contribution in [0.5, 0.6) is 0 Å². The first-order valence-corrected chi connectivity index (χ1v) is 10.5. The van der Waals surface area contributed by atoms with Crippen molar-refractivity contribution in [3.63, 3.8) is 0 Å². The van der Waals surface area contributed by atoms with Crippen LogP contribution in [0.15, 0.2) is 35.5 Å². The summed E-state index contributed by atoms with van der Waals surface area (Å²) in [6.45, 7) is 2.70. The molecule has 0 bridgehead atoms. The molecule has 1 aliphatic heterocycles. The molecule has 1 atom stereocenters. The second-order valence-electron chi connectivity index (χ2n) is 7.91. The molecule has 1 aromatic heterocycles. The van der Waals surface area contributed by atoms with Crippen LogP contribution >= 0.6 is 0 Å². The Morgan fingerprint density at radius 2 is 1.96 bits per heavy atom. The van der Waals surface area contributed by atoms with Crippen LogP contribution in [0.3, 0.4) is 0 Å². The SMILES string of the molecule is Cc1ccc(S(=O)(=O)OC2NCC23CC(n2cnc(C4CC4)n2)C3)cc1. The molecule has 138 valence electrons. The van der Waals surface area contributed by atoms with Crippen LogP contribution in [0.1, 0.15) is 49.0 Å². The molecular weight excluding hydrogens is 352 g/mol. The molecule has 2 aromatic rings. The van der Waals surface area contributed by atoms with E-state index in [9.17, 15) is 8.42 Å². The highest BCUT2D eigenvalue weighted by molar-refractivity contribution is 7.86. The Balaban J connectivity index is 1.25. The summed E-state index contributed by atoms with van der Waals surface area (Å²) in [6.07, 6.45) is 5.46. The van der Waals surface area contributed by atoms with Gasteiger partial charge in [0.25, 0.3) is 10.1 Å². The van der Waals surface area contributed by atoms with Gasteiger partial charge in [0.15, 0.2) is 5.82 Å². The van der Waals surface area contributed by atoms with Gasteiger partial charge in [-0.05, 0) is 44.7 Å². The quantitative estimate of drug-likeness (QED) is 0.807. The first-order chi connectivity index (χ1) is 12.5. The fraction of sp³-hybridized carbons (Fsp3) is 0.556. The molecule has 3 aliphatic rings. The van der Waals surface area contributed by atoms with Crippen molar-refractivity contribution < 1.29 is 12.6 Å². The molecule has 7 nitrogen and oxygen atoms in total. The van der Waals surface area contributed by atoms with E-state index in [1.165, 1.54) is 12.8 Å². The minimum absolute atomic E-state index is 0.117. The summed E-state index contributed by atoms with van der Waals surface area (Å²) in [6, 6.07) is 7.03. The molecule has 26 heavy (non-hydrogen) atoms. The van der Waals surface area contributed by atoms with Crippen LogP contribution in [0.2, 0.25) is 0 Å². The smallest absolute Gasteiger partial charge is 0.290 e. The third-order valence-electron chi connectivity index (χ3n) is 5.86. The number of hydrogen-bond donors (Lipinski definition) is 1. The van der Waals surface area contributed by atoms with Gasteiger partial charge < -0.3 is 0 Å². The van der Waals surface area contributed by atoms with E-state index in [0.717, 1.165) is 30.8 Å². The van der Waals surface area contributed by atoms with E-state index in [-0.39, 0.29) is 16.4 Å². The largest absolute Gasteiger partial charge is 0.298 e. The molecule has 2 aliphatic carbocycles. The van der Waals surface area contributed by atoms with Gasteiger partial charge in [0, 0.05) is 17.9 Å². The van der Waals surface area contributed by atoms with Gasteiger partial charge >= 0.3 is 0 Å². The second-order valence-corrected chi connectivity index (χ2v) is 9.48. The first-order valence-electron chi connectivity index (χ1n) is 9.10. The average Bonchev–Trinajstić information content (AvgIpc) is 3.30. The number of nitrogens with one attached hydrogen (secondary N) is 1. The highest BCUT2D eigenvalue weighted by Crippen LogP contribution is 2.55. The van der Waals surface area contributed by atoms with Crippen molar-refractivity contribution >= 4 is 10.1 Å². The van der Waals surface area contributed by atoms with Crippen molar-refractivity contribution in [2.75, 3.05) is 6.54 Å². The second kappa shape index (κ2) is 5.61. The van der Waals surface area contributed by atoms with Gasteiger partial charge in [-0.2, -0.15) is 13.5 Å². The maximum absolute atomic E-state index is 12.5. The highest BCUT2D eigenvalue weighted by atomic mass is 32.2. The van der Waals surface area contributed by atoms with E-state index >= 15 is 0 Å². The lowest BCUT2D eigenvalue weighted by Crippen LogP contribution is -2.69. The third kappa shape index (κ3) is 2.67. The lowest BCUT2D eigenvalue weighted by molar-refractivity contribution is -0.131. The van der Waals surface area contributed by atoms with E-state index in [4.69, 9.17) is 4.18 Å². The zero-order valence-electron chi connectivity index (χ0n) is 14.6. The minimum Gasteiger partial charge on any atom is -0.290 e. The fourth-order valence-corrected chi connectivity index (χ4v) is 5.02. The summed E-state index contributed by atoms with van der Waals surface area (Å²) >= 11 is 0. The van der Waals surface area contributed by atoms with Gasteiger partial charge in [-0.3, -0.25) is 5.32 Å². The van der Waals surface area contributed by atoms with Crippen LogP contribution in [-0.4, -0.2) is 36.0 Å². The molecule has 1 spiro atoms. The molecule has 1 N–H and O–H groups in total. The van der Waals surface area contributed by atoms with E-state index in [1.807, 2.05) is 17.9 Å². The molecule has 2 heterocycles. The molecule has 1 aromatic carbocycles. The molecule has 3 fully saturated rings. The summed E-state index contributed by atoms with van der Waals surface area (Å²) in [4.78, 5) is 4.61. The van der Waals surface area contributed by atoms with Crippen molar-refractivity contribution in [2.45, 2.75) is 55.7 Å². The number of hydrogen-bond acceptors (Lipinski definition) is 6. The van der Waals surface area contributed by atoms with Crippen LogP contribution in [0.4, 0.5) is 0 Å². The van der Waals surface area contributed by atoms with Gasteiger partial charge in [-0.15, -0.1) is 0 Å². The zero-order valence-corrected chi connectivity index (χ0v) is 15.4. The summed E-state index contributed by atoms with van der Waals surface area (Å²) in [5.74, 6) is 1.50. The number of aryl methyl sites for hydroxylation is 1. The fourth-order valence-electron chi connectivity index (χ4n) is 3.91. The molecule has 0 amide bonds. The van der Waals surface area contributed by atoms with Gasteiger partial charge in [-0.25, -0.2) is 13.8 Å². The predicted octanol–water partition coefficient (Wildman–Crippen LogP) is 2.12. The van der Waals surface area contributed by atoms with Crippen molar-refractivity contribution in [2.24, 2.45) is 5.41 Å². The lowest BCUT2D eigenvalue weighted by atomic mass is 9.60. The normalized spacial score (nSPS) is 30.8. The molecular formula is C18H22N4O3S. The van der Waals surface area contributed by atoms with Gasteiger partial charge in [-0.1, -0.05) is 17.7 Å². The predicted molar refractivity (Wildman–Crippen MR) is 93.9 cm³/mol. The lowest BCUT2D eigenvalue weighted by Gasteiger charge is -2.58. The van der Waals surface area contributed by atoms with Gasteiger partial charge in [0.05, 0.1) is 10.9 Å². The molecule has 8 heteroatoms. The van der Waals surface area contributed by atoms with E-state index in [2.05, 4.69) is 15.4 Å². The van der Waals surface area contributed by atoms with Crippen LogP contribution < -0.4 is 5.32 Å². The van der Waals surface area contributed by atoms with Gasteiger partial charge in [0.1, 0.15) is 12.6 Å². The summed E-state index contributed by atoms with van der Waals surface area (Å²) in [5.41, 5.74) is 0.899. The van der Waals surface area contributed by atoms with E-state index in [0.29, 0.717) is 5.92 Å². The number of nitrogens with zero attached hydrogens (tertiary/aromatic N) is 3. The minimum atomic E-state index is -3.76. The first kappa shape index (κ1) is 16.4. The maximum Gasteiger partial charge on any atom is 0.298 e. The molecule has 1 saturated heterocycles. The molecule has 2 saturated carbocycles. The summed E-state index contributed by atoms with van der Waals surface area (Å²) in [7, 11) is -3.76. The molecule has 5 rings (SSSR count). The molecule has 1 unspecified atom stereocenters. The Labute approximate surface area is 152 Å². The molecule has 0 radical (unpaired) electrons. The average molecular weight is 374 g/mol. The van der Waals surface area contributed by atoms with E-state index in [1.54, 1.807) is 24.3 Å². The zero-order chi connectivity index (χ0) is 17.9. The number of aromatic nitrogens is 3. The highest BCUT2D eigenvalue weighted by Gasteiger charge is 2.58. The number of rotatable bonds is 5. The standard InChI is InChI=1S/C18H22N4O3S/c1-12-2-6-15(7-3-12)26(23,24)25-17-18(10-19-17)8-14(9-18)22-11-20-16(21-22)13-4-5-13/h2-3,6-7,11,13-14,17,19H,4-5,8-10H2,1H3. The van der Waals surface area contributed by atoms with Crippen LogP contribution in [0.25, 0.3) is 0 Å². The Bertz CT molecular complexity index is 928. The van der Waals surface area contributed by atoms with Crippen LogP contribution in [0, 0.1) is 12.3 Å². The Hall–Kier alpha value is -1.77.